The highest BCUT2D eigenvalue weighted by Gasteiger charge is 2.24. The van der Waals surface area contributed by atoms with Crippen molar-refractivity contribution in [2.75, 3.05) is 33.7 Å². The molecule has 1 fully saturated rings. The van der Waals surface area contributed by atoms with E-state index in [1.165, 1.54) is 16.5 Å². The van der Waals surface area contributed by atoms with Crippen molar-refractivity contribution < 1.29 is 9.90 Å². The first-order chi connectivity index (χ1) is 16.9. The molecule has 0 radical (unpaired) electrons. The number of aliphatic hydroxyl groups excluding tert-OH is 1. The standard InChI is InChI=1S/C28H35N5O2/c1-18(2)26-23-14-20(19-7-10-32(11-8-19)16-25(35)31(3)4)5-6-24(23)30-27(26)21-13-22(17-34)28-29-9-12-33(28)15-21/h5-6,9,12-15,18-19,30,34H,7-8,10-11,16-17H2,1-4H3. The number of nitrogens with one attached hydrogen (secondary N) is 1. The molecule has 0 bridgehead atoms. The third-order valence-corrected chi connectivity index (χ3v) is 7.38. The van der Waals surface area contributed by atoms with E-state index in [0.717, 1.165) is 53.9 Å². The van der Waals surface area contributed by atoms with Gasteiger partial charge in [0.1, 0.15) is 5.65 Å². The average Bonchev–Trinajstić information content (AvgIpc) is 3.48. The van der Waals surface area contributed by atoms with Crippen LogP contribution in [0.1, 0.15) is 55.2 Å². The first kappa shape index (κ1) is 23.6. The summed E-state index contributed by atoms with van der Waals surface area (Å²) in [6.45, 7) is 6.84. The van der Waals surface area contributed by atoms with Gasteiger partial charge in [-0.05, 0) is 67.1 Å². The molecule has 7 heteroatoms. The smallest absolute Gasteiger partial charge is 0.236 e. The highest BCUT2D eigenvalue weighted by molar-refractivity contribution is 5.92. The van der Waals surface area contributed by atoms with Gasteiger partial charge in [0.05, 0.1) is 18.8 Å². The molecule has 5 rings (SSSR count). The third-order valence-electron chi connectivity index (χ3n) is 7.38. The molecule has 1 aliphatic heterocycles. The third kappa shape index (κ3) is 4.46. The Hall–Kier alpha value is -3.16. The van der Waals surface area contributed by atoms with Crippen molar-refractivity contribution in [3.63, 3.8) is 0 Å². The number of nitrogens with zero attached hydrogens (tertiary/aromatic N) is 4. The van der Waals surface area contributed by atoms with Crippen LogP contribution in [0.3, 0.4) is 0 Å². The lowest BCUT2D eigenvalue weighted by atomic mass is 9.87. The Morgan fingerprint density at radius 1 is 1.23 bits per heavy atom. The van der Waals surface area contributed by atoms with E-state index in [-0.39, 0.29) is 12.5 Å². The number of carbonyl (C=O) groups is 1. The quantitative estimate of drug-likeness (QED) is 0.436. The molecule has 0 atom stereocenters. The Balaban J connectivity index is 1.47. The Kier molecular flexibility index (Phi) is 6.38. The number of likely N-dealkylation sites (N-methyl/N-ethyl adjacent to an activating group) is 1. The van der Waals surface area contributed by atoms with Crippen LogP contribution >= 0.6 is 0 Å². The molecule has 0 aliphatic carbocycles. The van der Waals surface area contributed by atoms with E-state index in [2.05, 4.69) is 53.1 Å². The van der Waals surface area contributed by atoms with Crippen molar-refractivity contribution in [1.82, 2.24) is 24.2 Å². The largest absolute Gasteiger partial charge is 0.392 e. The fraction of sp³-hybridized carbons (Fsp3) is 0.429. The van der Waals surface area contributed by atoms with Gasteiger partial charge < -0.3 is 19.4 Å². The maximum Gasteiger partial charge on any atom is 0.236 e. The predicted octanol–water partition coefficient (Wildman–Crippen LogP) is 4.37. The zero-order valence-electron chi connectivity index (χ0n) is 21.1. The van der Waals surface area contributed by atoms with Gasteiger partial charge in [-0.3, -0.25) is 9.69 Å². The van der Waals surface area contributed by atoms with Crippen LogP contribution in [0.2, 0.25) is 0 Å². The van der Waals surface area contributed by atoms with E-state index in [9.17, 15) is 9.90 Å². The summed E-state index contributed by atoms with van der Waals surface area (Å²) in [5.74, 6) is 1.01. The molecule has 0 saturated carbocycles. The topological polar surface area (TPSA) is 76.9 Å². The van der Waals surface area contributed by atoms with Crippen molar-refractivity contribution in [3.8, 4) is 11.3 Å². The number of fused-ring (bicyclic) bond motifs is 2. The van der Waals surface area contributed by atoms with Gasteiger partial charge in [0.2, 0.25) is 5.91 Å². The summed E-state index contributed by atoms with van der Waals surface area (Å²) in [5, 5.41) is 11.2. The van der Waals surface area contributed by atoms with Crippen LogP contribution in [0.5, 0.6) is 0 Å². The predicted molar refractivity (Wildman–Crippen MR) is 140 cm³/mol. The number of imidazole rings is 1. The zero-order valence-corrected chi connectivity index (χ0v) is 21.1. The van der Waals surface area contributed by atoms with Crippen molar-refractivity contribution in [2.24, 2.45) is 0 Å². The van der Waals surface area contributed by atoms with E-state index >= 15 is 0 Å². The van der Waals surface area contributed by atoms with E-state index < -0.39 is 0 Å². The van der Waals surface area contributed by atoms with E-state index in [0.29, 0.717) is 18.4 Å². The molecule has 4 aromatic rings. The number of aromatic amines is 1. The van der Waals surface area contributed by atoms with Gasteiger partial charge in [0.15, 0.2) is 0 Å². The van der Waals surface area contributed by atoms with Gasteiger partial charge >= 0.3 is 0 Å². The lowest BCUT2D eigenvalue weighted by molar-refractivity contribution is -0.130. The first-order valence-electron chi connectivity index (χ1n) is 12.5. The fourth-order valence-electron chi connectivity index (χ4n) is 5.43. The second-order valence-electron chi connectivity index (χ2n) is 10.3. The second-order valence-corrected chi connectivity index (χ2v) is 10.3. The number of aliphatic hydroxyl groups is 1. The molecule has 7 nitrogen and oxygen atoms in total. The molecular weight excluding hydrogens is 438 g/mol. The van der Waals surface area contributed by atoms with E-state index in [4.69, 9.17) is 0 Å². The minimum absolute atomic E-state index is 0.0470. The maximum atomic E-state index is 12.1. The van der Waals surface area contributed by atoms with Crippen LogP contribution in [0, 0.1) is 0 Å². The first-order valence-corrected chi connectivity index (χ1v) is 12.5. The highest BCUT2D eigenvalue weighted by Crippen LogP contribution is 2.38. The number of likely N-dealkylation sites (tertiary alicyclic amines) is 1. The highest BCUT2D eigenvalue weighted by atomic mass is 16.3. The van der Waals surface area contributed by atoms with Crippen LogP contribution in [0.4, 0.5) is 0 Å². The van der Waals surface area contributed by atoms with Crippen LogP contribution in [-0.2, 0) is 11.4 Å². The van der Waals surface area contributed by atoms with Crippen LogP contribution < -0.4 is 0 Å². The molecule has 0 unspecified atom stereocenters. The zero-order chi connectivity index (χ0) is 24.7. The summed E-state index contributed by atoms with van der Waals surface area (Å²) in [7, 11) is 3.64. The number of carbonyl (C=O) groups excluding carboxylic acids is 1. The van der Waals surface area contributed by atoms with Crippen LogP contribution in [0.25, 0.3) is 27.8 Å². The number of piperidine rings is 1. The summed E-state index contributed by atoms with van der Waals surface area (Å²) in [4.78, 5) is 24.1. The van der Waals surface area contributed by atoms with Crippen LogP contribution in [-0.4, -0.2) is 68.9 Å². The molecular formula is C28H35N5O2. The van der Waals surface area contributed by atoms with E-state index in [1.54, 1.807) is 11.1 Å². The molecule has 1 amide bonds. The lowest BCUT2D eigenvalue weighted by Gasteiger charge is -2.32. The Morgan fingerprint density at radius 2 is 2.00 bits per heavy atom. The molecule has 4 heterocycles. The van der Waals surface area contributed by atoms with Gasteiger partial charge in [-0.25, -0.2) is 4.98 Å². The number of H-pyrrole nitrogens is 1. The normalized spacial score (nSPS) is 15.5. The fourth-order valence-corrected chi connectivity index (χ4v) is 5.43. The summed E-state index contributed by atoms with van der Waals surface area (Å²) in [6.07, 6.45) is 7.91. The SMILES string of the molecule is CC(C)c1c(-c2cc(CO)c3nccn3c2)[nH]c2ccc(C3CCN(CC(=O)N(C)C)CC3)cc12. The number of benzene rings is 1. The van der Waals surface area contributed by atoms with Gasteiger partial charge in [-0.1, -0.05) is 19.9 Å². The Morgan fingerprint density at radius 3 is 2.69 bits per heavy atom. The minimum atomic E-state index is -0.0470. The number of rotatable bonds is 6. The van der Waals surface area contributed by atoms with Crippen molar-refractivity contribution in [2.45, 2.75) is 45.1 Å². The Labute approximate surface area is 206 Å². The monoisotopic (exact) mass is 473 g/mol. The molecule has 0 spiro atoms. The molecule has 184 valence electrons. The average molecular weight is 474 g/mol. The second kappa shape index (κ2) is 9.47. The van der Waals surface area contributed by atoms with Crippen molar-refractivity contribution in [3.05, 3.63) is 59.5 Å². The molecule has 2 N–H and O–H groups in total. The van der Waals surface area contributed by atoms with Gasteiger partial charge in [-0.15, -0.1) is 0 Å². The summed E-state index contributed by atoms with van der Waals surface area (Å²) in [5.41, 5.74) is 7.59. The minimum Gasteiger partial charge on any atom is -0.392 e. The lowest BCUT2D eigenvalue weighted by Crippen LogP contribution is -2.40. The van der Waals surface area contributed by atoms with Gasteiger partial charge in [0.25, 0.3) is 0 Å². The van der Waals surface area contributed by atoms with Crippen LogP contribution in [0.15, 0.2) is 42.9 Å². The molecule has 3 aromatic heterocycles. The number of hydrogen-bond acceptors (Lipinski definition) is 4. The molecule has 35 heavy (non-hydrogen) atoms. The molecule has 1 saturated heterocycles. The molecule has 1 aliphatic rings. The summed E-state index contributed by atoms with van der Waals surface area (Å²) in [6, 6.07) is 8.89. The number of aromatic nitrogens is 3. The summed E-state index contributed by atoms with van der Waals surface area (Å²) >= 11 is 0. The Bertz CT molecular complexity index is 1360. The number of amides is 1. The van der Waals surface area contributed by atoms with E-state index in [1.807, 2.05) is 30.8 Å². The van der Waals surface area contributed by atoms with Crippen molar-refractivity contribution in [1.29, 1.82) is 0 Å². The molecule has 1 aromatic carbocycles. The van der Waals surface area contributed by atoms with Gasteiger partial charge in [0, 0.05) is 54.7 Å². The number of pyridine rings is 1. The van der Waals surface area contributed by atoms with Crippen molar-refractivity contribution >= 4 is 22.5 Å². The summed E-state index contributed by atoms with van der Waals surface area (Å²) < 4.78 is 1.98. The number of hydrogen-bond donors (Lipinski definition) is 2. The van der Waals surface area contributed by atoms with Gasteiger partial charge in [-0.2, -0.15) is 0 Å². The maximum absolute atomic E-state index is 12.1.